The predicted molar refractivity (Wildman–Crippen MR) is 73.0 cm³/mol. The van der Waals surface area contributed by atoms with Gasteiger partial charge in [-0.1, -0.05) is 17.7 Å². The second-order valence-corrected chi connectivity index (χ2v) is 5.55. The van der Waals surface area contributed by atoms with Crippen LogP contribution in [0.15, 0.2) is 18.2 Å². The van der Waals surface area contributed by atoms with E-state index in [1.54, 1.807) is 0 Å². The van der Waals surface area contributed by atoms with Crippen LogP contribution in [0, 0.1) is 6.92 Å². The lowest BCUT2D eigenvalue weighted by Crippen LogP contribution is -2.53. The first-order chi connectivity index (χ1) is 8.04. The van der Waals surface area contributed by atoms with Gasteiger partial charge in [0, 0.05) is 18.1 Å². The third-order valence-corrected chi connectivity index (χ3v) is 3.60. The fourth-order valence-electron chi connectivity index (χ4n) is 2.39. The molecule has 0 aromatic heterocycles. The Bertz CT molecular complexity index is 403. The Morgan fingerprint density at radius 1 is 1.41 bits per heavy atom. The van der Waals surface area contributed by atoms with Crippen LogP contribution in [0.2, 0.25) is 0 Å². The van der Waals surface area contributed by atoms with Crippen LogP contribution >= 0.6 is 11.6 Å². The van der Waals surface area contributed by atoms with E-state index in [1.807, 2.05) is 0 Å². The van der Waals surface area contributed by atoms with Gasteiger partial charge in [0.05, 0.1) is 18.8 Å². The third kappa shape index (κ3) is 2.58. The minimum absolute atomic E-state index is 0.0360. The largest absolute Gasteiger partial charge is 0.377 e. The number of benzene rings is 1. The van der Waals surface area contributed by atoms with Gasteiger partial charge >= 0.3 is 0 Å². The van der Waals surface area contributed by atoms with Gasteiger partial charge in [-0.25, -0.2) is 0 Å². The molecule has 0 atom stereocenters. The quantitative estimate of drug-likeness (QED) is 0.750. The number of aryl methyl sites for hydroxylation is 1. The molecule has 1 fully saturated rings. The van der Waals surface area contributed by atoms with Crippen LogP contribution in [0.4, 0.5) is 5.69 Å². The number of anilines is 1. The van der Waals surface area contributed by atoms with Crippen LogP contribution in [0.1, 0.15) is 25.0 Å². The summed E-state index contributed by atoms with van der Waals surface area (Å²) in [5.74, 6) is 0.560. The van der Waals surface area contributed by atoms with Gasteiger partial charge in [0.15, 0.2) is 0 Å². The average Bonchev–Trinajstić information content (AvgIpc) is 2.29. The molecule has 0 aliphatic carbocycles. The molecule has 2 nitrogen and oxygen atoms in total. The molecule has 0 amide bonds. The monoisotopic (exact) mass is 253 g/mol. The van der Waals surface area contributed by atoms with Gasteiger partial charge in [-0.15, -0.1) is 11.6 Å². The minimum Gasteiger partial charge on any atom is -0.377 e. The molecule has 1 aliphatic heterocycles. The lowest BCUT2D eigenvalue weighted by molar-refractivity contribution is 0.0643. The van der Waals surface area contributed by atoms with Crippen molar-refractivity contribution in [1.29, 1.82) is 0 Å². The highest BCUT2D eigenvalue weighted by atomic mass is 35.5. The van der Waals surface area contributed by atoms with Crippen LogP contribution in [-0.4, -0.2) is 25.3 Å². The normalized spacial score (nSPS) is 19.4. The number of morpholine rings is 1. The maximum atomic E-state index is 6.06. The fraction of sp³-hybridized carbons (Fsp3) is 0.571. The zero-order chi connectivity index (χ0) is 12.5. The lowest BCUT2D eigenvalue weighted by atomic mass is 9.99. The second kappa shape index (κ2) is 4.87. The molecule has 0 radical (unpaired) electrons. The molecule has 0 bridgehead atoms. The van der Waals surface area contributed by atoms with E-state index in [0.29, 0.717) is 5.88 Å². The summed E-state index contributed by atoms with van der Waals surface area (Å²) in [6.07, 6.45) is 0. The summed E-state index contributed by atoms with van der Waals surface area (Å²) >= 11 is 6.06. The van der Waals surface area contributed by atoms with Gasteiger partial charge in [0.2, 0.25) is 0 Å². The van der Waals surface area contributed by atoms with Gasteiger partial charge in [-0.3, -0.25) is 0 Å². The second-order valence-electron chi connectivity index (χ2n) is 5.28. The van der Waals surface area contributed by atoms with Gasteiger partial charge in [0.1, 0.15) is 0 Å². The molecule has 0 N–H and O–H groups in total. The van der Waals surface area contributed by atoms with E-state index in [-0.39, 0.29) is 5.54 Å². The first-order valence-electron chi connectivity index (χ1n) is 6.05. The summed E-state index contributed by atoms with van der Waals surface area (Å²) in [5.41, 5.74) is 3.75. The number of hydrogen-bond acceptors (Lipinski definition) is 2. The molecule has 0 saturated carbocycles. The molecule has 2 rings (SSSR count). The SMILES string of the molecule is Cc1ccc(N2CCOCC2(C)C)c(CCl)c1. The Labute approximate surface area is 109 Å². The highest BCUT2D eigenvalue weighted by Gasteiger charge is 2.31. The van der Waals surface area contributed by atoms with Gasteiger partial charge in [0.25, 0.3) is 0 Å². The van der Waals surface area contributed by atoms with Crippen molar-refractivity contribution in [2.45, 2.75) is 32.2 Å². The standard InChI is InChI=1S/C14H20ClNO/c1-11-4-5-13(12(8-11)9-15)16-6-7-17-10-14(16,2)3/h4-5,8H,6-7,9-10H2,1-3H3. The Balaban J connectivity index is 2.38. The molecule has 17 heavy (non-hydrogen) atoms. The molecule has 94 valence electrons. The highest BCUT2D eigenvalue weighted by molar-refractivity contribution is 6.17. The zero-order valence-electron chi connectivity index (χ0n) is 10.8. The number of rotatable bonds is 2. The molecule has 1 aromatic carbocycles. The van der Waals surface area contributed by atoms with Crippen molar-refractivity contribution >= 4 is 17.3 Å². The Morgan fingerprint density at radius 2 is 2.18 bits per heavy atom. The van der Waals surface area contributed by atoms with E-state index < -0.39 is 0 Å². The molecule has 0 unspecified atom stereocenters. The molecule has 1 heterocycles. The summed E-state index contributed by atoms with van der Waals surface area (Å²) in [7, 11) is 0. The maximum absolute atomic E-state index is 6.06. The summed E-state index contributed by atoms with van der Waals surface area (Å²) in [6, 6.07) is 6.50. The number of nitrogens with zero attached hydrogens (tertiary/aromatic N) is 1. The van der Waals surface area contributed by atoms with Gasteiger partial charge in [-0.05, 0) is 32.4 Å². The van der Waals surface area contributed by atoms with Crippen molar-refractivity contribution in [3.63, 3.8) is 0 Å². The number of halogens is 1. The maximum Gasteiger partial charge on any atom is 0.0694 e. The van der Waals surface area contributed by atoms with Crippen molar-refractivity contribution in [2.24, 2.45) is 0 Å². The number of hydrogen-bond donors (Lipinski definition) is 0. The molecule has 1 saturated heterocycles. The van der Waals surface area contributed by atoms with Crippen molar-refractivity contribution < 1.29 is 4.74 Å². The Kier molecular flexibility index (Phi) is 3.64. The first kappa shape index (κ1) is 12.7. The topological polar surface area (TPSA) is 12.5 Å². The summed E-state index contributed by atoms with van der Waals surface area (Å²) in [6.45, 7) is 9.01. The Morgan fingerprint density at radius 3 is 2.82 bits per heavy atom. The summed E-state index contributed by atoms with van der Waals surface area (Å²) < 4.78 is 5.56. The van der Waals surface area contributed by atoms with Gasteiger partial charge < -0.3 is 9.64 Å². The lowest BCUT2D eigenvalue weighted by Gasteiger charge is -2.44. The molecule has 1 aromatic rings. The minimum atomic E-state index is 0.0360. The molecule has 3 heteroatoms. The van der Waals surface area contributed by atoms with E-state index in [0.717, 1.165) is 19.8 Å². The van der Waals surface area contributed by atoms with Crippen LogP contribution in [0.25, 0.3) is 0 Å². The number of alkyl halides is 1. The molecular weight excluding hydrogens is 234 g/mol. The predicted octanol–water partition coefficient (Wildman–Crippen LogP) is 3.35. The van der Waals surface area contributed by atoms with Crippen molar-refractivity contribution in [1.82, 2.24) is 0 Å². The van der Waals surface area contributed by atoms with Crippen molar-refractivity contribution in [3.05, 3.63) is 29.3 Å². The van der Waals surface area contributed by atoms with Gasteiger partial charge in [-0.2, -0.15) is 0 Å². The fourth-order valence-corrected chi connectivity index (χ4v) is 2.60. The van der Waals surface area contributed by atoms with E-state index >= 15 is 0 Å². The zero-order valence-corrected chi connectivity index (χ0v) is 11.5. The highest BCUT2D eigenvalue weighted by Crippen LogP contribution is 2.31. The van der Waals surface area contributed by atoms with E-state index in [2.05, 4.69) is 43.9 Å². The van der Waals surface area contributed by atoms with E-state index in [4.69, 9.17) is 16.3 Å². The van der Waals surface area contributed by atoms with Crippen molar-refractivity contribution in [2.75, 3.05) is 24.7 Å². The third-order valence-electron chi connectivity index (χ3n) is 3.31. The first-order valence-corrected chi connectivity index (χ1v) is 6.59. The summed E-state index contributed by atoms with van der Waals surface area (Å²) in [5, 5.41) is 0. The van der Waals surface area contributed by atoms with E-state index in [1.165, 1.54) is 16.8 Å². The van der Waals surface area contributed by atoms with E-state index in [9.17, 15) is 0 Å². The smallest absolute Gasteiger partial charge is 0.0694 e. The number of ether oxygens (including phenoxy) is 1. The Hall–Kier alpha value is -0.730. The van der Waals surface area contributed by atoms with Crippen LogP contribution in [0.3, 0.4) is 0 Å². The average molecular weight is 254 g/mol. The van der Waals surface area contributed by atoms with Crippen LogP contribution in [-0.2, 0) is 10.6 Å². The summed E-state index contributed by atoms with van der Waals surface area (Å²) in [4.78, 5) is 2.41. The molecular formula is C14H20ClNO. The molecule has 1 aliphatic rings. The van der Waals surface area contributed by atoms with Crippen LogP contribution in [0.5, 0.6) is 0 Å². The van der Waals surface area contributed by atoms with Crippen molar-refractivity contribution in [3.8, 4) is 0 Å². The van der Waals surface area contributed by atoms with Crippen LogP contribution < -0.4 is 4.90 Å². The molecule has 0 spiro atoms.